The molecule has 2 heterocycles. The molecule has 358 valence electrons. The van der Waals surface area contributed by atoms with Gasteiger partial charge in [-0.25, -0.2) is 8.42 Å². The number of fused-ring (bicyclic) bond motifs is 2. The Morgan fingerprint density at radius 3 is 2.46 bits per heavy atom. The van der Waals surface area contributed by atoms with Crippen molar-refractivity contribution in [2.75, 3.05) is 42.8 Å². The lowest BCUT2D eigenvalue weighted by Crippen LogP contribution is -2.43. The fraction of sp³-hybridized carbons (Fsp3) is 0.269. The molecule has 0 saturated carbocycles. The number of nitrogens with zero attached hydrogens (tertiary/aromatic N) is 1. The van der Waals surface area contributed by atoms with Gasteiger partial charge in [0.1, 0.15) is 17.2 Å². The van der Waals surface area contributed by atoms with Gasteiger partial charge >= 0.3 is 0 Å². The molecule has 0 bridgehead atoms. The van der Waals surface area contributed by atoms with Crippen LogP contribution in [0.15, 0.2) is 113 Å². The van der Waals surface area contributed by atoms with Gasteiger partial charge in [0.2, 0.25) is 9.84 Å². The summed E-state index contributed by atoms with van der Waals surface area (Å²) in [7, 11) is -4.90. The van der Waals surface area contributed by atoms with Crippen molar-refractivity contribution in [1.29, 1.82) is 0 Å². The zero-order chi connectivity index (χ0) is 49.7. The van der Waals surface area contributed by atoms with Gasteiger partial charge in [0.15, 0.2) is 20.7 Å². The number of aromatic hydroxyl groups is 1. The zero-order valence-electron chi connectivity index (χ0n) is 39.6. The fourth-order valence-corrected chi connectivity index (χ4v) is 10.1. The number of aromatic nitrogens is 1. The van der Waals surface area contributed by atoms with Crippen molar-refractivity contribution in [1.82, 2.24) is 10.3 Å². The highest BCUT2D eigenvalue weighted by Gasteiger charge is 2.40. The molecule has 15 nitrogen and oxygen atoms in total. The number of nitrogens with one attached hydrogen (secondary N) is 4. The Morgan fingerprint density at radius 1 is 0.986 bits per heavy atom. The molecule has 0 saturated heterocycles. The summed E-state index contributed by atoms with van der Waals surface area (Å²) in [5, 5.41) is 23.0. The van der Waals surface area contributed by atoms with Crippen molar-refractivity contribution in [2.45, 2.75) is 74.6 Å². The highest BCUT2D eigenvalue weighted by molar-refractivity contribution is 7.91. The molecule has 69 heavy (non-hydrogen) atoms. The van der Waals surface area contributed by atoms with Crippen LogP contribution in [-0.2, 0) is 19.1 Å². The predicted octanol–water partition coefficient (Wildman–Crippen LogP) is 9.00. The van der Waals surface area contributed by atoms with Gasteiger partial charge in [-0.1, -0.05) is 44.7 Å². The van der Waals surface area contributed by atoms with Gasteiger partial charge in [0, 0.05) is 58.7 Å². The minimum atomic E-state index is -4.19. The summed E-state index contributed by atoms with van der Waals surface area (Å²) in [6, 6.07) is 26.2. The van der Waals surface area contributed by atoms with E-state index >= 15 is 0 Å². The summed E-state index contributed by atoms with van der Waals surface area (Å²) in [5.41, 5.74) is 10.1. The first-order valence-electron chi connectivity index (χ1n) is 22.3. The van der Waals surface area contributed by atoms with Gasteiger partial charge in [-0.15, -0.1) is 0 Å². The number of amides is 3. The third-order valence-corrected chi connectivity index (χ3v) is 18.4. The van der Waals surface area contributed by atoms with E-state index in [1.165, 1.54) is 49.7 Å². The van der Waals surface area contributed by atoms with Crippen LogP contribution in [0, 0.1) is 18.8 Å². The first-order valence-corrected chi connectivity index (χ1v) is 26.7. The summed E-state index contributed by atoms with van der Waals surface area (Å²) in [5.74, 6) is 5.71. The summed E-state index contributed by atoms with van der Waals surface area (Å²) < 4.78 is 46.5. The first kappa shape index (κ1) is 49.7. The number of nitrogens with two attached hydrogens (primary N) is 1. The van der Waals surface area contributed by atoms with Crippen LogP contribution in [-0.4, -0.2) is 71.4 Å². The Hall–Kier alpha value is -7.23. The monoisotopic (exact) mass is 968 g/mol. The molecule has 6 aromatic rings. The van der Waals surface area contributed by atoms with E-state index in [9.17, 15) is 27.9 Å². The highest BCUT2D eigenvalue weighted by atomic mass is 32.2. The maximum absolute atomic E-state index is 14.2. The number of unbranched alkanes of at least 4 members (excludes halogenated alkanes) is 1. The van der Waals surface area contributed by atoms with Crippen molar-refractivity contribution in [3.05, 3.63) is 131 Å². The molecule has 7 rings (SSSR count). The number of carbonyl (C=O) groups excluding carboxylic acids is 3. The number of benzene rings is 5. The Kier molecular flexibility index (Phi) is 14.8. The number of primary amides is 1. The molecule has 1 unspecified atom stereocenters. The van der Waals surface area contributed by atoms with Gasteiger partial charge in [0.25, 0.3) is 17.7 Å². The van der Waals surface area contributed by atoms with E-state index in [1.807, 2.05) is 0 Å². The molecule has 1 aliphatic heterocycles. The van der Waals surface area contributed by atoms with Crippen LogP contribution in [0.4, 0.5) is 22.7 Å². The Balaban J connectivity index is 0.980. The van der Waals surface area contributed by atoms with Crippen LogP contribution in [0.2, 0.25) is 18.1 Å². The van der Waals surface area contributed by atoms with E-state index in [0.717, 1.165) is 17.5 Å². The predicted molar refractivity (Wildman–Crippen MR) is 270 cm³/mol. The van der Waals surface area contributed by atoms with Crippen LogP contribution in [0.5, 0.6) is 17.2 Å². The molecule has 0 aliphatic carbocycles. The van der Waals surface area contributed by atoms with Crippen LogP contribution < -0.4 is 36.5 Å². The normalized spacial score (nSPS) is 13.0. The van der Waals surface area contributed by atoms with Crippen molar-refractivity contribution in [3.8, 4) is 29.1 Å². The number of sulfone groups is 1. The average molecular weight is 969 g/mol. The van der Waals surface area contributed by atoms with Crippen LogP contribution >= 0.6 is 0 Å². The fourth-order valence-electron chi connectivity index (χ4n) is 7.43. The third-order valence-electron chi connectivity index (χ3n) is 12.2. The molecule has 1 aromatic heterocycles. The average Bonchev–Trinajstić information content (AvgIpc) is 3.31. The molecule has 1 atom stereocenters. The van der Waals surface area contributed by atoms with Gasteiger partial charge in [-0.3, -0.25) is 19.4 Å². The lowest BCUT2D eigenvalue weighted by atomic mass is 10.0. The number of pyridine rings is 1. The lowest BCUT2D eigenvalue weighted by Gasteiger charge is -2.40. The zero-order valence-corrected chi connectivity index (χ0v) is 41.4. The smallest absolute Gasteiger partial charge is 0.262 e. The molecule has 0 radical (unpaired) electrons. The Bertz CT molecular complexity index is 3130. The quantitative estimate of drug-likeness (QED) is 0.0232. The number of hydrogen-bond donors (Lipinski definition) is 6. The molecule has 17 heteroatoms. The third kappa shape index (κ3) is 11.4. The van der Waals surface area contributed by atoms with Crippen LogP contribution in [0.25, 0.3) is 10.9 Å². The number of anilines is 4. The van der Waals surface area contributed by atoms with Crippen molar-refractivity contribution >= 4 is 69.5 Å². The summed E-state index contributed by atoms with van der Waals surface area (Å²) in [6.07, 6.45) is 2.35. The van der Waals surface area contributed by atoms with E-state index in [2.05, 4.69) is 72.0 Å². The van der Waals surface area contributed by atoms with Crippen LogP contribution in [0.1, 0.15) is 77.1 Å². The van der Waals surface area contributed by atoms with E-state index < -0.39 is 30.0 Å². The van der Waals surface area contributed by atoms with Crippen LogP contribution in [0.3, 0.4) is 0 Å². The molecular weight excluding hydrogens is 913 g/mol. The minimum Gasteiger partial charge on any atom is -0.506 e. The van der Waals surface area contributed by atoms with Gasteiger partial charge in [0.05, 0.1) is 39.8 Å². The largest absolute Gasteiger partial charge is 0.506 e. The molecule has 0 spiro atoms. The van der Waals surface area contributed by atoms with E-state index in [4.69, 9.17) is 19.6 Å². The number of ether oxygens (including phenoxy) is 2. The molecule has 1 aliphatic rings. The second kappa shape index (κ2) is 20.6. The second-order valence-corrected chi connectivity index (χ2v) is 24.9. The summed E-state index contributed by atoms with van der Waals surface area (Å²) in [4.78, 5) is 42.4. The molecule has 7 N–H and O–H groups in total. The second-order valence-electron chi connectivity index (χ2n) is 18.2. The van der Waals surface area contributed by atoms with Crippen molar-refractivity contribution in [2.24, 2.45) is 5.73 Å². The summed E-state index contributed by atoms with van der Waals surface area (Å²) >= 11 is 0. The Labute approximate surface area is 403 Å². The molecule has 3 amide bonds. The van der Waals surface area contributed by atoms with Crippen molar-refractivity contribution in [3.63, 3.8) is 0 Å². The van der Waals surface area contributed by atoms with Gasteiger partial charge in [-0.05, 0) is 122 Å². The number of hydrogen-bond acceptors (Lipinski definition) is 12. The van der Waals surface area contributed by atoms with Gasteiger partial charge < -0.3 is 46.0 Å². The number of phenolic OH excluding ortho intramolecular Hbond substituents is 1. The number of carbonyl (C=O) groups is 3. The number of aryl methyl sites for hydroxylation is 1. The number of methoxy groups -OCH3 is 1. The molecule has 5 aromatic carbocycles. The standard InChI is InChI=1S/C52H56N6O9SSi/c1-32-25-39(28-41-46(32)55-29-42(50(53)61)47(41)56-36-15-12-16-37(27-36)65-5)68(63,64)38-17-11-14-34(26-38)51(62)57-35-20-18-33(19-21-35)13-9-8-10-24-54-30-44(67-69(6,7)52(2,3)4)40-22-23-43(59)48-49(40)66-31-45(60)58-48/h11-12,14-23,25-29,44,54,59H,8,10,24,30-31H2,1-7H3,(H2,53,61)(H,55,56)(H,57,62)(H,58,60). The first-order chi connectivity index (χ1) is 32.7. The minimum absolute atomic E-state index is 0.0567. The van der Waals surface area contributed by atoms with Gasteiger partial charge in [-0.2, -0.15) is 0 Å². The maximum Gasteiger partial charge on any atom is 0.262 e. The van der Waals surface area contributed by atoms with Crippen molar-refractivity contribution < 1.29 is 41.8 Å². The maximum atomic E-state index is 14.2. The van der Waals surface area contributed by atoms with E-state index in [-0.39, 0.29) is 61.7 Å². The van der Waals surface area contributed by atoms with E-state index in [0.29, 0.717) is 58.9 Å². The number of phenols is 1. The Morgan fingerprint density at radius 2 is 1.74 bits per heavy atom. The van der Waals surface area contributed by atoms with E-state index in [1.54, 1.807) is 67.6 Å². The lowest BCUT2D eigenvalue weighted by molar-refractivity contribution is -0.118. The highest BCUT2D eigenvalue weighted by Crippen LogP contribution is 2.46. The topological polar surface area (TPSA) is 220 Å². The molecular formula is C52H56N6O9SSi. The number of rotatable bonds is 16. The SMILES string of the molecule is COc1cccc(Nc2c(C(N)=O)cnc3c(C)cc(S(=O)(=O)c4cccc(C(=O)Nc5ccc(C#CCCCNCC(O[Si](C)(C)C(C)(C)C)c6ccc(O)c7c6OCC(=O)N7)cc5)c4)cc23)c1. The summed E-state index contributed by atoms with van der Waals surface area (Å²) in [6.45, 7) is 13.6. The molecule has 0 fully saturated rings.